The number of carbonyl (C=O) groups excluding carboxylic acids is 1. The summed E-state index contributed by atoms with van der Waals surface area (Å²) in [5.41, 5.74) is 5.96. The summed E-state index contributed by atoms with van der Waals surface area (Å²) >= 11 is 0. The van der Waals surface area contributed by atoms with Crippen LogP contribution in [0.15, 0.2) is 0 Å². The highest BCUT2D eigenvalue weighted by Crippen LogP contribution is 2.32. The van der Waals surface area contributed by atoms with Gasteiger partial charge in [-0.25, -0.2) is 0 Å². The lowest BCUT2D eigenvalue weighted by Gasteiger charge is -2.37. The zero-order valence-corrected chi connectivity index (χ0v) is 13.8. The van der Waals surface area contributed by atoms with E-state index < -0.39 is 0 Å². The van der Waals surface area contributed by atoms with Crippen molar-refractivity contribution in [2.45, 2.75) is 64.8 Å². The number of piperidine rings is 1. The number of rotatable bonds is 3. The van der Waals surface area contributed by atoms with Crippen LogP contribution in [0.5, 0.6) is 0 Å². The Bertz CT molecular complexity index is 293. The van der Waals surface area contributed by atoms with Gasteiger partial charge in [-0.3, -0.25) is 4.79 Å². The van der Waals surface area contributed by atoms with Gasteiger partial charge in [-0.2, -0.15) is 0 Å². The van der Waals surface area contributed by atoms with E-state index in [0.717, 1.165) is 44.7 Å². The van der Waals surface area contributed by atoms with Crippen molar-refractivity contribution in [2.75, 3.05) is 13.1 Å². The summed E-state index contributed by atoms with van der Waals surface area (Å²) in [6.45, 7) is 6.22. The van der Waals surface area contributed by atoms with Crippen LogP contribution < -0.4 is 5.73 Å². The van der Waals surface area contributed by atoms with E-state index in [2.05, 4.69) is 18.7 Å². The van der Waals surface area contributed by atoms with Crippen LogP contribution in [0, 0.1) is 17.8 Å². The quantitative estimate of drug-likeness (QED) is 0.870. The average Bonchev–Trinajstić information content (AvgIpc) is 2.46. The lowest BCUT2D eigenvalue weighted by Crippen LogP contribution is -2.45. The minimum absolute atomic E-state index is 0. The van der Waals surface area contributed by atoms with Crippen molar-refractivity contribution in [1.82, 2.24) is 4.90 Å². The third kappa shape index (κ3) is 4.36. The predicted molar refractivity (Wildman–Crippen MR) is 85.9 cm³/mol. The van der Waals surface area contributed by atoms with E-state index in [4.69, 9.17) is 5.73 Å². The molecule has 1 aliphatic heterocycles. The summed E-state index contributed by atoms with van der Waals surface area (Å²) in [6, 6.07) is 0.275. The molecule has 1 saturated carbocycles. The molecular formula is C16H31ClN2O. The van der Waals surface area contributed by atoms with Crippen molar-refractivity contribution < 1.29 is 4.79 Å². The van der Waals surface area contributed by atoms with E-state index in [1.165, 1.54) is 19.3 Å². The lowest BCUT2D eigenvalue weighted by atomic mass is 9.80. The molecule has 1 unspecified atom stereocenters. The first-order valence-electron chi connectivity index (χ1n) is 8.16. The molecule has 3 nitrogen and oxygen atoms in total. The van der Waals surface area contributed by atoms with Crippen molar-refractivity contribution in [3.05, 3.63) is 0 Å². The number of carbonyl (C=O) groups is 1. The fourth-order valence-corrected chi connectivity index (χ4v) is 3.72. The number of nitrogens with zero attached hydrogens (tertiary/aromatic N) is 1. The Morgan fingerprint density at radius 3 is 2.15 bits per heavy atom. The van der Waals surface area contributed by atoms with Crippen LogP contribution in [-0.2, 0) is 4.79 Å². The van der Waals surface area contributed by atoms with E-state index in [0.29, 0.717) is 17.7 Å². The molecule has 118 valence electrons. The van der Waals surface area contributed by atoms with Gasteiger partial charge in [0.15, 0.2) is 0 Å². The van der Waals surface area contributed by atoms with Crippen LogP contribution in [0.1, 0.15) is 58.8 Å². The molecule has 4 heteroatoms. The summed E-state index contributed by atoms with van der Waals surface area (Å²) in [4.78, 5) is 14.6. The Morgan fingerprint density at radius 2 is 1.70 bits per heavy atom. The Labute approximate surface area is 130 Å². The van der Waals surface area contributed by atoms with Crippen LogP contribution >= 0.6 is 12.4 Å². The smallest absolute Gasteiger partial charge is 0.225 e. The van der Waals surface area contributed by atoms with Gasteiger partial charge in [0.1, 0.15) is 0 Å². The number of nitrogens with two attached hydrogens (primary N) is 1. The van der Waals surface area contributed by atoms with Crippen molar-refractivity contribution in [3.8, 4) is 0 Å². The summed E-state index contributed by atoms with van der Waals surface area (Å²) in [6.07, 6.45) is 8.20. The molecule has 0 bridgehead atoms. The molecule has 0 radical (unpaired) electrons. The maximum absolute atomic E-state index is 12.5. The maximum Gasteiger partial charge on any atom is 0.225 e. The third-order valence-corrected chi connectivity index (χ3v) is 5.37. The number of hydrogen-bond donors (Lipinski definition) is 1. The van der Waals surface area contributed by atoms with Crippen LogP contribution in [0.3, 0.4) is 0 Å². The van der Waals surface area contributed by atoms with Gasteiger partial charge in [-0.15, -0.1) is 12.4 Å². The second-order valence-corrected chi connectivity index (χ2v) is 6.65. The van der Waals surface area contributed by atoms with Gasteiger partial charge in [0, 0.05) is 25.0 Å². The molecule has 1 amide bonds. The van der Waals surface area contributed by atoms with Crippen molar-refractivity contribution >= 4 is 18.3 Å². The van der Waals surface area contributed by atoms with Crippen LogP contribution in [0.2, 0.25) is 0 Å². The Kier molecular flexibility index (Phi) is 7.32. The third-order valence-electron chi connectivity index (χ3n) is 5.37. The molecule has 2 fully saturated rings. The zero-order valence-electron chi connectivity index (χ0n) is 13.0. The predicted octanol–water partition coefficient (Wildman–Crippen LogP) is 3.21. The van der Waals surface area contributed by atoms with Gasteiger partial charge in [0.2, 0.25) is 5.91 Å². The normalized spacial score (nSPS) is 29.6. The highest BCUT2D eigenvalue weighted by Gasteiger charge is 2.31. The van der Waals surface area contributed by atoms with Crippen molar-refractivity contribution in [3.63, 3.8) is 0 Å². The Morgan fingerprint density at radius 1 is 1.15 bits per heavy atom. The Hall–Kier alpha value is -0.280. The molecule has 1 saturated heterocycles. The summed E-state index contributed by atoms with van der Waals surface area (Å²) in [5, 5.41) is 0. The van der Waals surface area contributed by atoms with Crippen LogP contribution in [0.4, 0.5) is 0 Å². The van der Waals surface area contributed by atoms with Crippen LogP contribution in [-0.4, -0.2) is 29.9 Å². The first-order valence-corrected chi connectivity index (χ1v) is 8.16. The number of amides is 1. The number of likely N-dealkylation sites (tertiary alicyclic amines) is 1. The molecule has 2 rings (SSSR count). The number of hydrogen-bond acceptors (Lipinski definition) is 2. The fraction of sp³-hybridized carbons (Fsp3) is 0.938. The van der Waals surface area contributed by atoms with Crippen molar-refractivity contribution in [2.24, 2.45) is 23.5 Å². The monoisotopic (exact) mass is 302 g/mol. The van der Waals surface area contributed by atoms with E-state index >= 15 is 0 Å². The van der Waals surface area contributed by atoms with E-state index in [9.17, 15) is 4.79 Å². The molecule has 20 heavy (non-hydrogen) atoms. The molecule has 2 N–H and O–H groups in total. The molecular weight excluding hydrogens is 272 g/mol. The van der Waals surface area contributed by atoms with Gasteiger partial charge in [0.05, 0.1) is 0 Å². The molecule has 0 aromatic carbocycles. The number of halogens is 1. The lowest BCUT2D eigenvalue weighted by molar-refractivity contribution is -0.138. The first-order chi connectivity index (χ1) is 9.11. The largest absolute Gasteiger partial charge is 0.342 e. The molecule has 0 spiro atoms. The highest BCUT2D eigenvalue weighted by atomic mass is 35.5. The maximum atomic E-state index is 12.5. The SMILES string of the molecule is CCC1CCC(C(=O)N2CCC(C(C)N)CC2)CC1.Cl. The average molecular weight is 303 g/mol. The van der Waals surface area contributed by atoms with Gasteiger partial charge in [0.25, 0.3) is 0 Å². The first kappa shape index (κ1) is 17.8. The topological polar surface area (TPSA) is 46.3 Å². The van der Waals surface area contributed by atoms with Gasteiger partial charge in [-0.1, -0.05) is 13.3 Å². The van der Waals surface area contributed by atoms with Crippen LogP contribution in [0.25, 0.3) is 0 Å². The minimum atomic E-state index is 0. The second kappa shape index (κ2) is 8.23. The molecule has 1 atom stereocenters. The summed E-state index contributed by atoms with van der Waals surface area (Å²) < 4.78 is 0. The zero-order chi connectivity index (χ0) is 13.8. The molecule has 0 aromatic rings. The minimum Gasteiger partial charge on any atom is -0.342 e. The standard InChI is InChI=1S/C16H30N2O.ClH/c1-3-13-4-6-15(7-5-13)16(19)18-10-8-14(9-11-18)12(2)17;/h12-15H,3-11,17H2,1-2H3;1H. The molecule has 2 aliphatic rings. The summed E-state index contributed by atoms with van der Waals surface area (Å²) in [7, 11) is 0. The van der Waals surface area contributed by atoms with E-state index in [1.54, 1.807) is 0 Å². The van der Waals surface area contributed by atoms with Gasteiger partial charge in [-0.05, 0) is 57.3 Å². The van der Waals surface area contributed by atoms with Gasteiger partial charge >= 0.3 is 0 Å². The summed E-state index contributed by atoms with van der Waals surface area (Å²) in [5.74, 6) is 2.22. The fourth-order valence-electron chi connectivity index (χ4n) is 3.72. The second-order valence-electron chi connectivity index (χ2n) is 6.65. The van der Waals surface area contributed by atoms with Gasteiger partial charge < -0.3 is 10.6 Å². The van der Waals surface area contributed by atoms with E-state index in [1.807, 2.05) is 0 Å². The molecule has 1 aliphatic carbocycles. The molecule has 0 aromatic heterocycles. The molecule has 1 heterocycles. The Balaban J connectivity index is 0.00000200. The van der Waals surface area contributed by atoms with Crippen molar-refractivity contribution in [1.29, 1.82) is 0 Å². The highest BCUT2D eigenvalue weighted by molar-refractivity contribution is 5.85. The van der Waals surface area contributed by atoms with E-state index in [-0.39, 0.29) is 18.4 Å².